The van der Waals surface area contributed by atoms with E-state index in [-0.39, 0.29) is 37.4 Å². The van der Waals surface area contributed by atoms with Crippen molar-refractivity contribution in [2.24, 2.45) is 0 Å². The number of rotatable bonds is 6. The van der Waals surface area contributed by atoms with Gasteiger partial charge < -0.3 is 10.2 Å². The highest BCUT2D eigenvalue weighted by Crippen LogP contribution is 2.28. The normalized spacial score (nSPS) is 14.2. The summed E-state index contributed by atoms with van der Waals surface area (Å²) in [6.07, 6.45) is 0.644. The van der Waals surface area contributed by atoms with Gasteiger partial charge in [-0.3, -0.25) is 14.5 Å². The van der Waals surface area contributed by atoms with E-state index in [2.05, 4.69) is 28.5 Å². The third kappa shape index (κ3) is 4.33. The van der Waals surface area contributed by atoms with Crippen molar-refractivity contribution in [2.45, 2.75) is 26.7 Å². The SMILES string of the molecule is Cc1ccc(C)c(-c2csc(NC(=O)CCCN3C(=O)CN(C)C3=O)n2)c1. The van der Waals surface area contributed by atoms with Crippen LogP contribution >= 0.6 is 11.3 Å². The maximum Gasteiger partial charge on any atom is 0.326 e. The van der Waals surface area contributed by atoms with E-state index in [4.69, 9.17) is 0 Å². The monoisotopic (exact) mass is 386 g/mol. The van der Waals surface area contributed by atoms with Crippen LogP contribution in [0.4, 0.5) is 9.93 Å². The van der Waals surface area contributed by atoms with E-state index < -0.39 is 0 Å². The first-order valence-electron chi connectivity index (χ1n) is 8.73. The first kappa shape index (κ1) is 19.0. The van der Waals surface area contributed by atoms with Crippen LogP contribution in [-0.2, 0) is 9.59 Å². The Bertz CT molecular complexity index is 893. The van der Waals surface area contributed by atoms with E-state index in [1.165, 1.54) is 21.1 Å². The smallest absolute Gasteiger partial charge is 0.318 e. The second kappa shape index (κ2) is 7.87. The Labute approximate surface area is 162 Å². The Morgan fingerprint density at radius 1 is 1.30 bits per heavy atom. The molecule has 1 aromatic heterocycles. The highest BCUT2D eigenvalue weighted by molar-refractivity contribution is 7.14. The number of nitrogens with one attached hydrogen (secondary N) is 1. The number of aryl methyl sites for hydroxylation is 2. The maximum atomic E-state index is 12.1. The number of nitrogens with zero attached hydrogens (tertiary/aromatic N) is 3. The maximum absolute atomic E-state index is 12.1. The number of hydrogen-bond acceptors (Lipinski definition) is 5. The van der Waals surface area contributed by atoms with Gasteiger partial charge in [-0.25, -0.2) is 9.78 Å². The molecule has 0 unspecified atom stereocenters. The minimum atomic E-state index is -0.307. The molecule has 1 N–H and O–H groups in total. The standard InChI is InChI=1S/C19H22N4O3S/c1-12-6-7-13(2)14(9-12)15-11-27-18(20-15)21-16(24)5-4-8-23-17(25)10-22(3)19(23)26/h6-7,9,11H,4-5,8,10H2,1-3H3,(H,20,21,24). The first-order valence-corrected chi connectivity index (χ1v) is 9.61. The van der Waals surface area contributed by atoms with Crippen LogP contribution < -0.4 is 5.32 Å². The summed E-state index contributed by atoms with van der Waals surface area (Å²) in [5, 5.41) is 5.26. The average Bonchev–Trinajstić information content (AvgIpc) is 3.16. The van der Waals surface area contributed by atoms with Crippen molar-refractivity contribution in [2.75, 3.05) is 25.5 Å². The van der Waals surface area contributed by atoms with Crippen molar-refractivity contribution >= 4 is 34.3 Å². The van der Waals surface area contributed by atoms with E-state index in [1.54, 1.807) is 7.05 Å². The summed E-state index contributed by atoms with van der Waals surface area (Å²) in [6, 6.07) is 5.89. The van der Waals surface area contributed by atoms with Gasteiger partial charge >= 0.3 is 6.03 Å². The van der Waals surface area contributed by atoms with E-state index in [0.717, 1.165) is 22.4 Å². The minimum Gasteiger partial charge on any atom is -0.318 e. The molecule has 0 radical (unpaired) electrons. The molecule has 2 aromatic rings. The summed E-state index contributed by atoms with van der Waals surface area (Å²) in [7, 11) is 1.59. The van der Waals surface area contributed by atoms with Crippen molar-refractivity contribution < 1.29 is 14.4 Å². The number of hydrogen-bond donors (Lipinski definition) is 1. The molecule has 1 aromatic carbocycles. The Morgan fingerprint density at radius 2 is 2.07 bits per heavy atom. The van der Waals surface area contributed by atoms with Crippen molar-refractivity contribution in [1.29, 1.82) is 0 Å². The van der Waals surface area contributed by atoms with Crippen LogP contribution in [0.3, 0.4) is 0 Å². The number of amides is 4. The van der Waals surface area contributed by atoms with Gasteiger partial charge in [-0.05, 0) is 31.9 Å². The largest absolute Gasteiger partial charge is 0.326 e. The highest BCUT2D eigenvalue weighted by Gasteiger charge is 2.32. The first-order chi connectivity index (χ1) is 12.8. The lowest BCUT2D eigenvalue weighted by Crippen LogP contribution is -2.32. The summed E-state index contributed by atoms with van der Waals surface area (Å²) < 4.78 is 0. The summed E-state index contributed by atoms with van der Waals surface area (Å²) in [5.41, 5.74) is 4.19. The lowest BCUT2D eigenvalue weighted by atomic mass is 10.0. The molecule has 0 saturated carbocycles. The van der Waals surface area contributed by atoms with Crippen molar-refractivity contribution in [1.82, 2.24) is 14.8 Å². The Balaban J connectivity index is 1.53. The summed E-state index contributed by atoms with van der Waals surface area (Å²) in [5.74, 6) is -0.398. The summed E-state index contributed by atoms with van der Waals surface area (Å²) in [4.78, 5) is 42.7. The fourth-order valence-electron chi connectivity index (χ4n) is 2.94. The van der Waals surface area contributed by atoms with Crippen LogP contribution in [0, 0.1) is 13.8 Å². The van der Waals surface area contributed by atoms with Crippen LogP contribution in [-0.4, -0.2) is 52.8 Å². The fourth-order valence-corrected chi connectivity index (χ4v) is 3.66. The molecule has 1 aliphatic rings. The quantitative estimate of drug-likeness (QED) is 0.774. The molecule has 1 saturated heterocycles. The fraction of sp³-hybridized carbons (Fsp3) is 0.368. The van der Waals surface area contributed by atoms with Gasteiger partial charge in [-0.1, -0.05) is 17.7 Å². The van der Waals surface area contributed by atoms with Crippen LogP contribution in [0.15, 0.2) is 23.6 Å². The number of aromatic nitrogens is 1. The van der Waals surface area contributed by atoms with Crippen LogP contribution in [0.5, 0.6) is 0 Å². The van der Waals surface area contributed by atoms with Gasteiger partial charge in [0.25, 0.3) is 0 Å². The molecule has 0 atom stereocenters. The molecule has 7 nitrogen and oxygen atoms in total. The van der Waals surface area contributed by atoms with Crippen LogP contribution in [0.1, 0.15) is 24.0 Å². The van der Waals surface area contributed by atoms with Crippen molar-refractivity contribution in [3.63, 3.8) is 0 Å². The Kier molecular flexibility index (Phi) is 5.55. The van der Waals surface area contributed by atoms with Gasteiger partial charge in [0.2, 0.25) is 11.8 Å². The molecule has 3 rings (SSSR count). The van der Waals surface area contributed by atoms with Crippen LogP contribution in [0.25, 0.3) is 11.3 Å². The summed E-state index contributed by atoms with van der Waals surface area (Å²) in [6.45, 7) is 4.42. The number of benzene rings is 1. The number of anilines is 1. The molecular weight excluding hydrogens is 364 g/mol. The van der Waals surface area contributed by atoms with Gasteiger partial charge in [0, 0.05) is 31.0 Å². The van der Waals surface area contributed by atoms with Crippen LogP contribution in [0.2, 0.25) is 0 Å². The molecule has 4 amide bonds. The third-order valence-corrected chi connectivity index (χ3v) is 5.19. The molecule has 142 valence electrons. The van der Waals surface area contributed by atoms with Crippen molar-refractivity contribution in [3.8, 4) is 11.3 Å². The van der Waals surface area contributed by atoms with E-state index >= 15 is 0 Å². The topological polar surface area (TPSA) is 82.6 Å². The molecule has 8 heteroatoms. The molecule has 27 heavy (non-hydrogen) atoms. The van der Waals surface area contributed by atoms with Gasteiger partial charge in [0.05, 0.1) is 5.69 Å². The summed E-state index contributed by atoms with van der Waals surface area (Å²) >= 11 is 1.38. The number of carbonyl (C=O) groups is 3. The second-order valence-corrected chi connectivity index (χ2v) is 7.55. The number of carbonyl (C=O) groups excluding carboxylic acids is 3. The molecule has 1 fully saturated rings. The Morgan fingerprint density at radius 3 is 2.78 bits per heavy atom. The highest BCUT2D eigenvalue weighted by atomic mass is 32.1. The molecule has 2 heterocycles. The third-order valence-electron chi connectivity index (χ3n) is 4.44. The number of likely N-dealkylation sites (N-methyl/N-ethyl adjacent to an activating group) is 1. The number of imide groups is 1. The molecule has 1 aliphatic heterocycles. The van der Waals surface area contributed by atoms with Crippen molar-refractivity contribution in [3.05, 3.63) is 34.7 Å². The zero-order valence-corrected chi connectivity index (χ0v) is 16.4. The lowest BCUT2D eigenvalue weighted by molar-refractivity contribution is -0.125. The Hall–Kier alpha value is -2.74. The molecule has 0 spiro atoms. The zero-order chi connectivity index (χ0) is 19.6. The van der Waals surface area contributed by atoms with Gasteiger partial charge in [-0.15, -0.1) is 11.3 Å². The van der Waals surface area contributed by atoms with Gasteiger partial charge in [-0.2, -0.15) is 0 Å². The predicted octanol–water partition coefficient (Wildman–Crippen LogP) is 3.04. The molecule has 0 bridgehead atoms. The van der Waals surface area contributed by atoms with E-state index in [0.29, 0.717) is 11.6 Å². The van der Waals surface area contributed by atoms with Gasteiger partial charge in [0.1, 0.15) is 6.54 Å². The predicted molar refractivity (Wildman–Crippen MR) is 105 cm³/mol. The molecule has 0 aliphatic carbocycles. The second-order valence-electron chi connectivity index (χ2n) is 6.69. The van der Waals surface area contributed by atoms with Gasteiger partial charge in [0.15, 0.2) is 5.13 Å². The van der Waals surface area contributed by atoms with E-state index in [9.17, 15) is 14.4 Å². The average molecular weight is 386 g/mol. The number of urea groups is 1. The lowest BCUT2D eigenvalue weighted by Gasteiger charge is -2.13. The number of thiazole rings is 1. The minimum absolute atomic E-state index is 0.102. The zero-order valence-electron chi connectivity index (χ0n) is 15.6. The molecular formula is C19H22N4O3S. The van der Waals surface area contributed by atoms with E-state index in [1.807, 2.05) is 19.2 Å².